The van der Waals surface area contributed by atoms with Crippen LogP contribution in [0, 0.1) is 0 Å². The third kappa shape index (κ3) is 2.30. The molecule has 0 bridgehead atoms. The highest BCUT2D eigenvalue weighted by atomic mass is 32.1. The summed E-state index contributed by atoms with van der Waals surface area (Å²) in [6, 6.07) is 9.16. The quantitative estimate of drug-likeness (QED) is 0.910. The van der Waals surface area contributed by atoms with Crippen LogP contribution in [0.1, 0.15) is 26.8 Å². The minimum absolute atomic E-state index is 0.181. The second kappa shape index (κ2) is 5.26. The summed E-state index contributed by atoms with van der Waals surface area (Å²) in [6.07, 6.45) is 0.00715. The molecule has 1 aromatic carbocycles. The molecular weight excluding hydrogens is 274 g/mol. The molecule has 2 N–H and O–H groups in total. The van der Waals surface area contributed by atoms with E-state index in [0.29, 0.717) is 17.0 Å². The smallest absolute Gasteiger partial charge is 0.262 e. The number of ether oxygens (including phenoxy) is 1. The molecule has 1 aromatic heterocycles. The normalized spacial score (nSPS) is 20.5. The van der Waals surface area contributed by atoms with Gasteiger partial charge < -0.3 is 15.2 Å². The Morgan fingerprint density at radius 2 is 2.25 bits per heavy atom. The molecule has 1 amide bonds. The third-order valence-electron chi connectivity index (χ3n) is 3.53. The minimum Gasteiger partial charge on any atom is -0.496 e. The van der Waals surface area contributed by atoms with Crippen molar-refractivity contribution in [3.05, 3.63) is 51.7 Å². The summed E-state index contributed by atoms with van der Waals surface area (Å²) in [5.41, 5.74) is 2.09. The number of nitrogens with one attached hydrogen (secondary N) is 1. The van der Waals surface area contributed by atoms with E-state index in [9.17, 15) is 9.90 Å². The standard InChI is InChI=1S/C15H15NO3S/c1-19-10-7-13(20-8-10)15(18)16-14-11-5-3-2-4-9(11)6-12(14)17/h2-5,7-8,12,14,17H,6H2,1H3,(H,16,18)/t12-,14+/m1/s1. The van der Waals surface area contributed by atoms with Gasteiger partial charge in [0.15, 0.2) is 0 Å². The topological polar surface area (TPSA) is 58.6 Å². The van der Waals surface area contributed by atoms with Crippen LogP contribution in [-0.2, 0) is 6.42 Å². The van der Waals surface area contributed by atoms with E-state index in [4.69, 9.17) is 4.74 Å². The molecule has 0 fully saturated rings. The van der Waals surface area contributed by atoms with Crippen LogP contribution in [0.4, 0.5) is 0 Å². The van der Waals surface area contributed by atoms with Crippen LogP contribution in [0.15, 0.2) is 35.7 Å². The molecule has 2 aromatic rings. The number of carbonyl (C=O) groups is 1. The van der Waals surface area contributed by atoms with Gasteiger partial charge in [0.25, 0.3) is 5.91 Å². The van der Waals surface area contributed by atoms with Gasteiger partial charge in [-0.15, -0.1) is 11.3 Å². The molecule has 0 unspecified atom stereocenters. The number of amides is 1. The minimum atomic E-state index is -0.571. The van der Waals surface area contributed by atoms with E-state index >= 15 is 0 Å². The van der Waals surface area contributed by atoms with Crippen LogP contribution < -0.4 is 10.1 Å². The highest BCUT2D eigenvalue weighted by Gasteiger charge is 2.32. The molecule has 20 heavy (non-hydrogen) atoms. The number of aliphatic hydroxyl groups is 1. The Bertz CT molecular complexity index is 638. The van der Waals surface area contributed by atoms with Gasteiger partial charge >= 0.3 is 0 Å². The molecule has 5 heteroatoms. The Hall–Kier alpha value is -1.85. The summed E-state index contributed by atoms with van der Waals surface area (Å²) in [4.78, 5) is 12.8. The van der Waals surface area contributed by atoms with Gasteiger partial charge in [0.1, 0.15) is 5.75 Å². The van der Waals surface area contributed by atoms with Crippen molar-refractivity contribution < 1.29 is 14.6 Å². The monoisotopic (exact) mass is 289 g/mol. The summed E-state index contributed by atoms with van der Waals surface area (Å²) in [5, 5.41) is 14.8. The highest BCUT2D eigenvalue weighted by molar-refractivity contribution is 7.12. The maximum absolute atomic E-state index is 12.2. The van der Waals surface area contributed by atoms with Crippen molar-refractivity contribution in [2.45, 2.75) is 18.6 Å². The van der Waals surface area contributed by atoms with Crippen molar-refractivity contribution in [1.29, 1.82) is 0 Å². The van der Waals surface area contributed by atoms with Gasteiger partial charge in [0.2, 0.25) is 0 Å². The van der Waals surface area contributed by atoms with Crippen molar-refractivity contribution in [1.82, 2.24) is 5.32 Å². The van der Waals surface area contributed by atoms with E-state index in [1.54, 1.807) is 18.6 Å². The van der Waals surface area contributed by atoms with E-state index in [-0.39, 0.29) is 11.9 Å². The molecule has 0 saturated heterocycles. The number of thiophene rings is 1. The lowest BCUT2D eigenvalue weighted by Gasteiger charge is -2.17. The lowest BCUT2D eigenvalue weighted by atomic mass is 10.1. The van der Waals surface area contributed by atoms with Gasteiger partial charge in [-0.05, 0) is 11.1 Å². The molecule has 1 heterocycles. The van der Waals surface area contributed by atoms with E-state index < -0.39 is 6.10 Å². The first-order chi connectivity index (χ1) is 9.69. The number of methoxy groups -OCH3 is 1. The number of carbonyl (C=O) groups excluding carboxylic acids is 1. The van der Waals surface area contributed by atoms with Crippen molar-refractivity contribution in [2.24, 2.45) is 0 Å². The number of aliphatic hydroxyl groups excluding tert-OH is 1. The maximum atomic E-state index is 12.2. The Labute approximate surface area is 121 Å². The molecule has 0 saturated carbocycles. The van der Waals surface area contributed by atoms with Crippen LogP contribution in [0.2, 0.25) is 0 Å². The van der Waals surface area contributed by atoms with Crippen molar-refractivity contribution in [3.63, 3.8) is 0 Å². The van der Waals surface area contributed by atoms with E-state index in [0.717, 1.165) is 11.1 Å². The van der Waals surface area contributed by atoms with Crippen LogP contribution >= 0.6 is 11.3 Å². The summed E-state index contributed by atoms with van der Waals surface area (Å²) in [5.74, 6) is 0.492. The molecule has 4 nitrogen and oxygen atoms in total. The Kier molecular flexibility index (Phi) is 3.46. The summed E-state index contributed by atoms with van der Waals surface area (Å²) >= 11 is 1.33. The van der Waals surface area contributed by atoms with Gasteiger partial charge in [-0.25, -0.2) is 0 Å². The largest absolute Gasteiger partial charge is 0.496 e. The highest BCUT2D eigenvalue weighted by Crippen LogP contribution is 2.32. The predicted octanol–water partition coefficient (Wildman–Crippen LogP) is 2.14. The van der Waals surface area contributed by atoms with Gasteiger partial charge in [-0.2, -0.15) is 0 Å². The molecule has 1 aliphatic rings. The number of fused-ring (bicyclic) bond motifs is 1. The first-order valence-corrected chi connectivity index (χ1v) is 7.26. The van der Waals surface area contributed by atoms with Gasteiger partial charge in [-0.3, -0.25) is 4.79 Å². The molecule has 104 valence electrons. The number of benzene rings is 1. The average molecular weight is 289 g/mol. The third-order valence-corrected chi connectivity index (χ3v) is 4.43. The second-order valence-corrected chi connectivity index (χ2v) is 5.68. The van der Waals surface area contributed by atoms with Gasteiger partial charge in [0.05, 0.1) is 24.1 Å². The van der Waals surface area contributed by atoms with Crippen LogP contribution in [0.5, 0.6) is 5.75 Å². The van der Waals surface area contributed by atoms with Gasteiger partial charge in [-0.1, -0.05) is 24.3 Å². The van der Waals surface area contributed by atoms with Crippen molar-refractivity contribution in [2.75, 3.05) is 7.11 Å². The zero-order valence-corrected chi connectivity index (χ0v) is 11.8. The van der Waals surface area contributed by atoms with E-state index in [1.165, 1.54) is 11.3 Å². The Balaban J connectivity index is 1.79. The number of hydrogen-bond acceptors (Lipinski definition) is 4. The fourth-order valence-electron chi connectivity index (χ4n) is 2.51. The molecule has 3 rings (SSSR count). The number of hydrogen-bond donors (Lipinski definition) is 2. The van der Waals surface area contributed by atoms with Crippen LogP contribution in [0.25, 0.3) is 0 Å². The lowest BCUT2D eigenvalue weighted by molar-refractivity contribution is 0.0862. The predicted molar refractivity (Wildman–Crippen MR) is 77.2 cm³/mol. The second-order valence-electron chi connectivity index (χ2n) is 4.77. The van der Waals surface area contributed by atoms with E-state index in [1.807, 2.05) is 24.3 Å². The van der Waals surface area contributed by atoms with Crippen LogP contribution in [0.3, 0.4) is 0 Å². The molecule has 0 spiro atoms. The Morgan fingerprint density at radius 3 is 3.00 bits per heavy atom. The lowest BCUT2D eigenvalue weighted by Crippen LogP contribution is -2.33. The number of rotatable bonds is 3. The van der Waals surface area contributed by atoms with E-state index in [2.05, 4.69) is 5.32 Å². The fourth-order valence-corrected chi connectivity index (χ4v) is 3.26. The summed E-state index contributed by atoms with van der Waals surface area (Å²) in [7, 11) is 1.57. The maximum Gasteiger partial charge on any atom is 0.262 e. The SMILES string of the molecule is COc1csc(C(=O)N[C@H]2c3ccccc3C[C@H]2O)c1. The molecule has 1 aliphatic carbocycles. The first kappa shape index (κ1) is 13.1. The molecule has 0 radical (unpaired) electrons. The van der Waals surface area contributed by atoms with Crippen molar-refractivity contribution >= 4 is 17.2 Å². The summed E-state index contributed by atoms with van der Waals surface area (Å²) in [6.45, 7) is 0. The molecule has 2 atom stereocenters. The Morgan fingerprint density at radius 1 is 1.45 bits per heavy atom. The van der Waals surface area contributed by atoms with Crippen LogP contribution in [-0.4, -0.2) is 24.2 Å². The fraction of sp³-hybridized carbons (Fsp3) is 0.267. The first-order valence-electron chi connectivity index (χ1n) is 6.38. The zero-order valence-electron chi connectivity index (χ0n) is 11.0. The molecular formula is C15H15NO3S. The summed E-state index contributed by atoms with van der Waals surface area (Å²) < 4.78 is 5.07. The zero-order chi connectivity index (χ0) is 14.1. The van der Waals surface area contributed by atoms with Gasteiger partial charge in [0, 0.05) is 17.9 Å². The average Bonchev–Trinajstić information content (AvgIpc) is 3.04. The van der Waals surface area contributed by atoms with Crippen molar-refractivity contribution in [3.8, 4) is 5.75 Å². The molecule has 0 aliphatic heterocycles.